The summed E-state index contributed by atoms with van der Waals surface area (Å²) in [6, 6.07) is 4.34. The Morgan fingerprint density at radius 1 is 1.08 bits per heavy atom. The van der Waals surface area contributed by atoms with Gasteiger partial charge in [-0.25, -0.2) is 0 Å². The summed E-state index contributed by atoms with van der Waals surface area (Å²) < 4.78 is 11.3. The van der Waals surface area contributed by atoms with E-state index >= 15 is 0 Å². The zero-order valence-electron chi connectivity index (χ0n) is 14.9. The molecule has 2 aromatic heterocycles. The van der Waals surface area contributed by atoms with Crippen molar-refractivity contribution in [1.29, 1.82) is 0 Å². The summed E-state index contributed by atoms with van der Waals surface area (Å²) in [5.74, 6) is 4.73. The van der Waals surface area contributed by atoms with Crippen molar-refractivity contribution in [3.8, 4) is 0 Å². The van der Waals surface area contributed by atoms with Crippen molar-refractivity contribution < 1.29 is 8.94 Å². The molecule has 2 aliphatic rings. The molecule has 2 aromatic rings. The Hall–Kier alpha value is -1.59. The fourth-order valence-electron chi connectivity index (χ4n) is 3.67. The van der Waals surface area contributed by atoms with Crippen molar-refractivity contribution in [2.45, 2.75) is 46.2 Å². The van der Waals surface area contributed by atoms with E-state index in [2.05, 4.69) is 34.0 Å². The molecule has 24 heavy (non-hydrogen) atoms. The lowest BCUT2D eigenvalue weighted by atomic mass is 10.2. The van der Waals surface area contributed by atoms with E-state index in [1.807, 2.05) is 13.8 Å². The van der Waals surface area contributed by atoms with E-state index in [0.29, 0.717) is 5.92 Å². The number of furan rings is 1. The second-order valence-corrected chi connectivity index (χ2v) is 7.48. The van der Waals surface area contributed by atoms with E-state index in [1.165, 1.54) is 17.7 Å². The van der Waals surface area contributed by atoms with Crippen LogP contribution in [0.15, 0.2) is 21.1 Å². The van der Waals surface area contributed by atoms with Gasteiger partial charge in [0, 0.05) is 44.2 Å². The topological polar surface area (TPSA) is 45.7 Å². The van der Waals surface area contributed by atoms with Crippen molar-refractivity contribution in [2.75, 3.05) is 26.2 Å². The van der Waals surface area contributed by atoms with Crippen LogP contribution in [0.3, 0.4) is 0 Å². The molecule has 0 N–H and O–H groups in total. The summed E-state index contributed by atoms with van der Waals surface area (Å²) in [6.45, 7) is 12.5. The van der Waals surface area contributed by atoms with Gasteiger partial charge >= 0.3 is 0 Å². The van der Waals surface area contributed by atoms with Crippen molar-refractivity contribution in [3.05, 3.63) is 40.7 Å². The molecule has 4 rings (SSSR count). The summed E-state index contributed by atoms with van der Waals surface area (Å²) in [5.41, 5.74) is 2.27. The standard InChI is InChI=1S/C19H27N3O2/c1-13-10-17(13)19-5-4-16(23-19)11-21-6-8-22(9-7-21)12-18-14(2)20-24-15(18)3/h4-5,13,17H,6-12H2,1-3H3. The second kappa shape index (κ2) is 6.37. The van der Waals surface area contributed by atoms with Gasteiger partial charge in [-0.15, -0.1) is 0 Å². The molecule has 2 unspecified atom stereocenters. The number of aryl methyl sites for hydroxylation is 2. The Kier molecular flexibility index (Phi) is 4.22. The monoisotopic (exact) mass is 329 g/mol. The van der Waals surface area contributed by atoms with Crippen LogP contribution in [0, 0.1) is 19.8 Å². The lowest BCUT2D eigenvalue weighted by Gasteiger charge is -2.34. The average Bonchev–Trinajstić information content (AvgIpc) is 2.98. The zero-order chi connectivity index (χ0) is 16.7. The van der Waals surface area contributed by atoms with Crippen LogP contribution in [-0.4, -0.2) is 41.1 Å². The quantitative estimate of drug-likeness (QED) is 0.842. The summed E-state index contributed by atoms with van der Waals surface area (Å²) in [4.78, 5) is 4.98. The number of nitrogens with zero attached hydrogens (tertiary/aromatic N) is 3. The maximum Gasteiger partial charge on any atom is 0.138 e. The van der Waals surface area contributed by atoms with Crippen molar-refractivity contribution in [2.24, 2.45) is 5.92 Å². The molecule has 130 valence electrons. The van der Waals surface area contributed by atoms with Gasteiger partial charge in [0.25, 0.3) is 0 Å². The molecule has 1 aliphatic carbocycles. The zero-order valence-corrected chi connectivity index (χ0v) is 14.9. The van der Waals surface area contributed by atoms with E-state index in [-0.39, 0.29) is 0 Å². The predicted molar refractivity (Wildman–Crippen MR) is 91.8 cm³/mol. The van der Waals surface area contributed by atoms with E-state index < -0.39 is 0 Å². The first-order valence-corrected chi connectivity index (χ1v) is 9.05. The lowest BCUT2D eigenvalue weighted by molar-refractivity contribution is 0.115. The normalized spacial score (nSPS) is 25.3. The first-order valence-electron chi connectivity index (χ1n) is 9.05. The van der Waals surface area contributed by atoms with Crippen LogP contribution >= 0.6 is 0 Å². The molecule has 3 heterocycles. The SMILES string of the molecule is Cc1noc(C)c1CN1CCN(Cc2ccc(C3CC3C)o2)CC1. The minimum absolute atomic E-state index is 0.672. The number of piperazine rings is 1. The maximum absolute atomic E-state index is 6.05. The van der Waals surface area contributed by atoms with Crippen molar-refractivity contribution in [3.63, 3.8) is 0 Å². The van der Waals surface area contributed by atoms with Gasteiger partial charge in [-0.1, -0.05) is 12.1 Å². The minimum Gasteiger partial charge on any atom is -0.464 e. The van der Waals surface area contributed by atoms with Crippen LogP contribution in [0.25, 0.3) is 0 Å². The molecule has 2 atom stereocenters. The molecule has 1 aliphatic heterocycles. The molecule has 5 nitrogen and oxygen atoms in total. The Labute approximate surface area is 143 Å². The summed E-state index contributed by atoms with van der Waals surface area (Å²) >= 11 is 0. The summed E-state index contributed by atoms with van der Waals surface area (Å²) in [7, 11) is 0. The van der Waals surface area contributed by atoms with E-state index in [4.69, 9.17) is 8.94 Å². The van der Waals surface area contributed by atoms with Crippen LogP contribution in [0.1, 0.15) is 47.8 Å². The third-order valence-corrected chi connectivity index (χ3v) is 5.56. The van der Waals surface area contributed by atoms with Crippen LogP contribution in [0.5, 0.6) is 0 Å². The average molecular weight is 329 g/mol. The highest BCUT2D eigenvalue weighted by Crippen LogP contribution is 2.47. The van der Waals surface area contributed by atoms with E-state index in [0.717, 1.165) is 62.4 Å². The maximum atomic E-state index is 6.05. The minimum atomic E-state index is 0.672. The molecular weight excluding hydrogens is 302 g/mol. The van der Waals surface area contributed by atoms with Gasteiger partial charge in [0.1, 0.15) is 17.3 Å². The molecular formula is C19H27N3O2. The van der Waals surface area contributed by atoms with Gasteiger partial charge in [-0.05, 0) is 38.3 Å². The van der Waals surface area contributed by atoms with Gasteiger partial charge in [-0.2, -0.15) is 0 Å². The van der Waals surface area contributed by atoms with Gasteiger partial charge in [0.15, 0.2) is 0 Å². The highest BCUT2D eigenvalue weighted by molar-refractivity contribution is 5.20. The first kappa shape index (κ1) is 15.9. The highest BCUT2D eigenvalue weighted by atomic mass is 16.5. The fourth-order valence-corrected chi connectivity index (χ4v) is 3.67. The summed E-state index contributed by atoms with van der Waals surface area (Å²) in [5, 5.41) is 4.05. The largest absolute Gasteiger partial charge is 0.464 e. The molecule has 0 spiro atoms. The van der Waals surface area contributed by atoms with Crippen LogP contribution in [0.4, 0.5) is 0 Å². The molecule has 2 fully saturated rings. The van der Waals surface area contributed by atoms with E-state index in [1.54, 1.807) is 0 Å². The number of rotatable bonds is 5. The Morgan fingerprint density at radius 2 is 1.75 bits per heavy atom. The molecule has 0 radical (unpaired) electrons. The smallest absolute Gasteiger partial charge is 0.138 e. The van der Waals surface area contributed by atoms with Gasteiger partial charge < -0.3 is 8.94 Å². The molecule has 5 heteroatoms. The third-order valence-electron chi connectivity index (χ3n) is 5.56. The number of hydrogen-bond acceptors (Lipinski definition) is 5. The van der Waals surface area contributed by atoms with Crippen molar-refractivity contribution >= 4 is 0 Å². The Bertz CT molecular complexity index is 678. The van der Waals surface area contributed by atoms with Crippen molar-refractivity contribution in [1.82, 2.24) is 15.0 Å². The highest BCUT2D eigenvalue weighted by Gasteiger charge is 2.36. The van der Waals surface area contributed by atoms with Gasteiger partial charge in [-0.3, -0.25) is 9.80 Å². The van der Waals surface area contributed by atoms with Gasteiger partial charge in [0.05, 0.1) is 12.2 Å². The van der Waals surface area contributed by atoms with Crippen LogP contribution in [0.2, 0.25) is 0 Å². The lowest BCUT2D eigenvalue weighted by Crippen LogP contribution is -2.45. The first-order chi connectivity index (χ1) is 11.6. The van der Waals surface area contributed by atoms with E-state index in [9.17, 15) is 0 Å². The predicted octanol–water partition coefficient (Wildman–Crippen LogP) is 3.33. The van der Waals surface area contributed by atoms with Crippen LogP contribution in [-0.2, 0) is 13.1 Å². The fraction of sp³-hybridized carbons (Fsp3) is 0.632. The molecule has 1 saturated heterocycles. The van der Waals surface area contributed by atoms with Crippen LogP contribution < -0.4 is 0 Å². The number of hydrogen-bond donors (Lipinski definition) is 0. The number of aromatic nitrogens is 1. The van der Waals surface area contributed by atoms with Gasteiger partial charge in [0.2, 0.25) is 0 Å². The summed E-state index contributed by atoms with van der Waals surface area (Å²) in [6.07, 6.45) is 1.29. The molecule has 1 saturated carbocycles. The Balaban J connectivity index is 1.28. The third kappa shape index (κ3) is 3.28. The Morgan fingerprint density at radius 3 is 2.33 bits per heavy atom. The molecule has 0 aromatic carbocycles. The second-order valence-electron chi connectivity index (χ2n) is 7.48. The molecule has 0 amide bonds. The molecule has 0 bridgehead atoms.